The number of ether oxygens (including phenoxy) is 3. The van der Waals surface area contributed by atoms with Crippen LogP contribution in [-0.4, -0.2) is 43.9 Å². The van der Waals surface area contributed by atoms with Crippen LogP contribution in [0.25, 0.3) is 0 Å². The van der Waals surface area contributed by atoms with Crippen LogP contribution < -0.4 is 14.8 Å². The van der Waals surface area contributed by atoms with Crippen molar-refractivity contribution in [1.82, 2.24) is 9.97 Å². The maximum atomic E-state index is 5.55. The summed E-state index contributed by atoms with van der Waals surface area (Å²) in [5.41, 5.74) is 0. The van der Waals surface area contributed by atoms with Gasteiger partial charge in [0.25, 0.3) is 5.88 Å². The van der Waals surface area contributed by atoms with Gasteiger partial charge < -0.3 is 19.5 Å². The summed E-state index contributed by atoms with van der Waals surface area (Å²) in [4.78, 5) is 8.22. The van der Waals surface area contributed by atoms with Crippen LogP contribution in [0.2, 0.25) is 0 Å². The molecule has 6 heteroatoms. The Morgan fingerprint density at radius 2 is 2.06 bits per heavy atom. The van der Waals surface area contributed by atoms with Crippen LogP contribution in [0.15, 0.2) is 6.33 Å². The van der Waals surface area contributed by atoms with Gasteiger partial charge in [0.15, 0.2) is 5.82 Å². The summed E-state index contributed by atoms with van der Waals surface area (Å²) in [6, 6.07) is 0. The van der Waals surface area contributed by atoms with Crippen molar-refractivity contribution >= 4 is 5.82 Å². The smallest absolute Gasteiger partial charge is 0.262 e. The van der Waals surface area contributed by atoms with E-state index in [2.05, 4.69) is 22.2 Å². The molecule has 0 unspecified atom stereocenters. The third-order valence-corrected chi connectivity index (χ3v) is 2.25. The number of nitrogens with zero attached hydrogens (tertiary/aromatic N) is 2. The molecule has 102 valence electrons. The molecule has 0 bridgehead atoms. The molecule has 0 radical (unpaired) electrons. The second-order valence-electron chi connectivity index (χ2n) is 3.68. The number of aromatic nitrogens is 2. The molecule has 1 aromatic heterocycles. The van der Waals surface area contributed by atoms with Crippen LogP contribution in [-0.2, 0) is 4.74 Å². The van der Waals surface area contributed by atoms with Crippen molar-refractivity contribution in [3.8, 4) is 11.6 Å². The fraction of sp³-hybridized carbons (Fsp3) is 0.667. The molecule has 0 spiro atoms. The molecule has 1 rings (SSSR count). The predicted octanol–water partition coefficient (Wildman–Crippen LogP) is 1.72. The van der Waals surface area contributed by atoms with Crippen LogP contribution in [0.4, 0.5) is 5.82 Å². The number of hydrogen-bond acceptors (Lipinski definition) is 6. The van der Waals surface area contributed by atoms with Gasteiger partial charge in [-0.25, -0.2) is 4.98 Å². The third kappa shape index (κ3) is 4.37. The molecule has 1 heterocycles. The van der Waals surface area contributed by atoms with Gasteiger partial charge in [0.2, 0.25) is 5.75 Å². The lowest BCUT2D eigenvalue weighted by Crippen LogP contribution is -2.08. The Morgan fingerprint density at radius 1 is 1.22 bits per heavy atom. The molecule has 0 amide bonds. The van der Waals surface area contributed by atoms with Crippen LogP contribution >= 0.6 is 0 Å². The van der Waals surface area contributed by atoms with Gasteiger partial charge in [-0.05, 0) is 6.42 Å². The van der Waals surface area contributed by atoms with Crippen molar-refractivity contribution < 1.29 is 14.2 Å². The summed E-state index contributed by atoms with van der Waals surface area (Å²) in [5.74, 6) is 1.67. The van der Waals surface area contributed by atoms with E-state index in [9.17, 15) is 0 Å². The Bertz CT molecular complexity index is 347. The first-order valence-corrected chi connectivity index (χ1v) is 6.08. The Labute approximate surface area is 108 Å². The molecule has 0 aromatic carbocycles. The fourth-order valence-electron chi connectivity index (χ4n) is 1.39. The normalized spacial score (nSPS) is 10.2. The third-order valence-electron chi connectivity index (χ3n) is 2.25. The minimum atomic E-state index is 0.460. The number of methoxy groups -OCH3 is 2. The van der Waals surface area contributed by atoms with Gasteiger partial charge in [0.1, 0.15) is 6.33 Å². The Kier molecular flexibility index (Phi) is 6.86. The summed E-state index contributed by atoms with van der Waals surface area (Å²) in [7, 11) is 3.25. The van der Waals surface area contributed by atoms with E-state index in [0.29, 0.717) is 30.7 Å². The van der Waals surface area contributed by atoms with Gasteiger partial charge in [0, 0.05) is 26.7 Å². The monoisotopic (exact) mass is 255 g/mol. The average Bonchev–Trinajstić information content (AvgIpc) is 2.41. The zero-order valence-electron chi connectivity index (χ0n) is 11.2. The number of rotatable bonds is 9. The van der Waals surface area contributed by atoms with Crippen LogP contribution in [0, 0.1) is 0 Å². The lowest BCUT2D eigenvalue weighted by Gasteiger charge is -2.13. The minimum absolute atomic E-state index is 0.460. The van der Waals surface area contributed by atoms with E-state index < -0.39 is 0 Å². The van der Waals surface area contributed by atoms with Gasteiger partial charge in [-0.1, -0.05) is 6.92 Å². The largest absolute Gasteiger partial charge is 0.489 e. The molecule has 18 heavy (non-hydrogen) atoms. The fourth-order valence-corrected chi connectivity index (χ4v) is 1.39. The highest BCUT2D eigenvalue weighted by atomic mass is 16.5. The van der Waals surface area contributed by atoms with E-state index >= 15 is 0 Å². The van der Waals surface area contributed by atoms with Crippen LogP contribution in [0.1, 0.15) is 19.8 Å². The lowest BCUT2D eigenvalue weighted by molar-refractivity contribution is 0.168. The van der Waals surface area contributed by atoms with E-state index in [1.54, 1.807) is 14.2 Å². The lowest BCUT2D eigenvalue weighted by atomic mass is 10.4. The van der Waals surface area contributed by atoms with Crippen LogP contribution in [0.3, 0.4) is 0 Å². The summed E-state index contributed by atoms with van der Waals surface area (Å²) < 4.78 is 15.8. The average molecular weight is 255 g/mol. The van der Waals surface area contributed by atoms with Crippen molar-refractivity contribution in [2.24, 2.45) is 0 Å². The second kappa shape index (κ2) is 8.52. The molecule has 0 aliphatic rings. The highest BCUT2D eigenvalue weighted by Crippen LogP contribution is 2.30. The molecule has 1 aromatic rings. The van der Waals surface area contributed by atoms with Crippen LogP contribution in [0.5, 0.6) is 11.6 Å². The van der Waals surface area contributed by atoms with Crippen molar-refractivity contribution in [2.45, 2.75) is 19.8 Å². The van der Waals surface area contributed by atoms with Gasteiger partial charge in [-0.3, -0.25) is 0 Å². The van der Waals surface area contributed by atoms with Crippen molar-refractivity contribution in [2.75, 3.05) is 39.3 Å². The van der Waals surface area contributed by atoms with E-state index in [0.717, 1.165) is 19.4 Å². The molecular weight excluding hydrogens is 234 g/mol. The first kappa shape index (κ1) is 14.5. The molecule has 6 nitrogen and oxygen atoms in total. The molecule has 0 fully saturated rings. The van der Waals surface area contributed by atoms with E-state index in [1.165, 1.54) is 6.33 Å². The number of anilines is 1. The topological polar surface area (TPSA) is 65.5 Å². The first-order chi connectivity index (χ1) is 8.83. The highest BCUT2D eigenvalue weighted by molar-refractivity contribution is 5.54. The minimum Gasteiger partial charge on any atom is -0.489 e. The van der Waals surface area contributed by atoms with Gasteiger partial charge in [-0.15, -0.1) is 0 Å². The standard InChI is InChI=1S/C12H21N3O3/c1-4-6-13-11-10(17-3)12(15-9-14-11)18-8-5-7-16-2/h9H,4-8H2,1-3H3,(H,13,14,15). The summed E-state index contributed by atoms with van der Waals surface area (Å²) in [6.07, 6.45) is 3.28. The van der Waals surface area contributed by atoms with Crippen molar-refractivity contribution in [1.29, 1.82) is 0 Å². The number of hydrogen-bond donors (Lipinski definition) is 1. The molecule has 0 aliphatic heterocycles. The quantitative estimate of drug-likeness (QED) is 0.678. The molecule has 1 N–H and O–H groups in total. The van der Waals surface area contributed by atoms with E-state index in [4.69, 9.17) is 14.2 Å². The molecule has 0 aliphatic carbocycles. The highest BCUT2D eigenvalue weighted by Gasteiger charge is 2.12. The summed E-state index contributed by atoms with van der Waals surface area (Å²) in [5, 5.41) is 3.18. The number of nitrogens with one attached hydrogen (secondary N) is 1. The summed E-state index contributed by atoms with van der Waals surface area (Å²) >= 11 is 0. The maximum absolute atomic E-state index is 5.55. The Hall–Kier alpha value is -1.56. The summed E-state index contributed by atoms with van der Waals surface area (Å²) in [6.45, 7) is 4.11. The molecular formula is C12H21N3O3. The predicted molar refractivity (Wildman–Crippen MR) is 69.4 cm³/mol. The first-order valence-electron chi connectivity index (χ1n) is 6.08. The Morgan fingerprint density at radius 3 is 2.72 bits per heavy atom. The van der Waals surface area contributed by atoms with E-state index in [-0.39, 0.29) is 0 Å². The van der Waals surface area contributed by atoms with Crippen molar-refractivity contribution in [3.63, 3.8) is 0 Å². The molecule has 0 saturated heterocycles. The van der Waals surface area contributed by atoms with Gasteiger partial charge >= 0.3 is 0 Å². The second-order valence-corrected chi connectivity index (χ2v) is 3.68. The van der Waals surface area contributed by atoms with Gasteiger partial charge in [0.05, 0.1) is 13.7 Å². The Balaban J connectivity index is 2.65. The van der Waals surface area contributed by atoms with E-state index in [1.807, 2.05) is 0 Å². The van der Waals surface area contributed by atoms with Gasteiger partial charge in [-0.2, -0.15) is 4.98 Å². The SMILES string of the molecule is CCCNc1ncnc(OCCCOC)c1OC. The molecule has 0 atom stereocenters. The van der Waals surface area contributed by atoms with Crippen molar-refractivity contribution in [3.05, 3.63) is 6.33 Å². The maximum Gasteiger partial charge on any atom is 0.262 e. The molecule has 0 saturated carbocycles. The zero-order valence-corrected chi connectivity index (χ0v) is 11.2. The zero-order chi connectivity index (χ0) is 13.2.